The highest BCUT2D eigenvalue weighted by molar-refractivity contribution is 9.10. The Morgan fingerprint density at radius 1 is 0.966 bits per heavy atom. The van der Waals surface area contributed by atoms with E-state index in [0.717, 1.165) is 4.47 Å². The number of rotatable bonds is 8. The van der Waals surface area contributed by atoms with E-state index < -0.39 is 22.6 Å². The molecule has 0 aliphatic heterocycles. The second-order valence-electron chi connectivity index (χ2n) is 5.65. The molecule has 2 aromatic rings. The molecule has 10 nitrogen and oxygen atoms in total. The molecule has 3 N–H and O–H groups in total. The fourth-order valence-corrected chi connectivity index (χ4v) is 2.31. The molecule has 0 heterocycles. The van der Waals surface area contributed by atoms with Gasteiger partial charge in [0.15, 0.2) is 6.61 Å². The number of nitro groups is 1. The summed E-state index contributed by atoms with van der Waals surface area (Å²) >= 11 is 3.28. The van der Waals surface area contributed by atoms with Gasteiger partial charge >= 0.3 is 0 Å². The molecule has 2 aromatic carbocycles. The Bertz CT molecular complexity index is 886. The van der Waals surface area contributed by atoms with Gasteiger partial charge in [-0.15, -0.1) is 0 Å². The van der Waals surface area contributed by atoms with Gasteiger partial charge in [-0.2, -0.15) is 0 Å². The van der Waals surface area contributed by atoms with Crippen molar-refractivity contribution < 1.29 is 24.0 Å². The summed E-state index contributed by atoms with van der Waals surface area (Å²) in [5, 5.41) is 13.1. The van der Waals surface area contributed by atoms with Crippen molar-refractivity contribution in [1.29, 1.82) is 0 Å². The zero-order valence-electron chi connectivity index (χ0n) is 15.0. The smallest absolute Gasteiger partial charge is 0.276 e. The summed E-state index contributed by atoms with van der Waals surface area (Å²) in [7, 11) is 0. The van der Waals surface area contributed by atoms with Gasteiger partial charge in [-0.3, -0.25) is 35.3 Å². The normalized spacial score (nSPS) is 9.97. The van der Waals surface area contributed by atoms with E-state index in [1.807, 2.05) is 0 Å². The Hall–Kier alpha value is -3.47. The van der Waals surface area contributed by atoms with E-state index in [2.05, 4.69) is 32.1 Å². The Kier molecular flexibility index (Phi) is 8.10. The number of nitro benzene ring substituents is 1. The van der Waals surface area contributed by atoms with Crippen LogP contribution < -0.4 is 20.9 Å². The maximum atomic E-state index is 11.9. The van der Waals surface area contributed by atoms with E-state index in [4.69, 9.17) is 4.74 Å². The van der Waals surface area contributed by atoms with Gasteiger partial charge in [0.2, 0.25) is 5.91 Å². The lowest BCUT2D eigenvalue weighted by molar-refractivity contribution is -0.384. The molecule has 29 heavy (non-hydrogen) atoms. The van der Waals surface area contributed by atoms with Crippen molar-refractivity contribution in [2.24, 2.45) is 0 Å². The number of benzene rings is 2. The van der Waals surface area contributed by atoms with E-state index in [-0.39, 0.29) is 30.8 Å². The summed E-state index contributed by atoms with van der Waals surface area (Å²) in [6.45, 7) is -0.258. The molecule has 0 bridgehead atoms. The van der Waals surface area contributed by atoms with Crippen molar-refractivity contribution in [3.05, 3.63) is 68.7 Å². The van der Waals surface area contributed by atoms with Crippen LogP contribution in [-0.2, 0) is 9.59 Å². The van der Waals surface area contributed by atoms with Gasteiger partial charge in [0.05, 0.1) is 4.92 Å². The van der Waals surface area contributed by atoms with Crippen LogP contribution in [-0.4, -0.2) is 35.8 Å². The maximum absolute atomic E-state index is 11.9. The molecule has 0 fully saturated rings. The third kappa shape index (κ3) is 7.58. The van der Waals surface area contributed by atoms with E-state index in [1.54, 1.807) is 24.3 Å². The molecule has 0 aromatic heterocycles. The minimum atomic E-state index is -0.565. The Balaban J connectivity index is 1.63. The summed E-state index contributed by atoms with van der Waals surface area (Å²) in [5.41, 5.74) is 4.52. The Morgan fingerprint density at radius 3 is 2.21 bits per heavy atom. The van der Waals surface area contributed by atoms with Crippen molar-refractivity contribution in [3.8, 4) is 5.75 Å². The number of carbonyl (C=O) groups excluding carboxylic acids is 3. The second-order valence-corrected chi connectivity index (χ2v) is 6.56. The average Bonchev–Trinajstić information content (AvgIpc) is 2.71. The van der Waals surface area contributed by atoms with Crippen molar-refractivity contribution in [2.45, 2.75) is 6.42 Å². The number of halogens is 1. The quantitative estimate of drug-likeness (QED) is 0.401. The molecule has 0 saturated heterocycles. The number of hydrogen-bond donors (Lipinski definition) is 3. The van der Waals surface area contributed by atoms with Crippen LogP contribution in [0.3, 0.4) is 0 Å². The van der Waals surface area contributed by atoms with Gasteiger partial charge in [-0.1, -0.05) is 15.9 Å². The van der Waals surface area contributed by atoms with Crippen LogP contribution in [0.4, 0.5) is 5.69 Å². The van der Waals surface area contributed by atoms with Crippen molar-refractivity contribution in [1.82, 2.24) is 16.2 Å². The van der Waals surface area contributed by atoms with Crippen LogP contribution in [0.2, 0.25) is 0 Å². The molecular formula is C18H17BrN4O6. The first kappa shape index (κ1) is 21.8. The standard InChI is InChI=1S/C18H17BrN4O6/c19-13-3-7-15(8-4-13)29-11-17(25)22-21-16(24)9-10-20-18(26)12-1-5-14(6-2-12)23(27)28/h1-8H,9-11H2,(H,20,26)(H,21,24)(H,22,25). The maximum Gasteiger partial charge on any atom is 0.276 e. The first-order chi connectivity index (χ1) is 13.8. The molecular weight excluding hydrogens is 448 g/mol. The van der Waals surface area contributed by atoms with Gasteiger partial charge < -0.3 is 10.1 Å². The molecule has 0 aliphatic carbocycles. The number of hydrogen-bond acceptors (Lipinski definition) is 6. The van der Waals surface area contributed by atoms with E-state index in [9.17, 15) is 24.5 Å². The Labute approximate surface area is 173 Å². The average molecular weight is 465 g/mol. The number of hydrazine groups is 1. The predicted octanol–water partition coefficient (Wildman–Crippen LogP) is 1.70. The highest BCUT2D eigenvalue weighted by atomic mass is 79.9. The lowest BCUT2D eigenvalue weighted by Crippen LogP contribution is -2.44. The lowest BCUT2D eigenvalue weighted by atomic mass is 10.2. The molecule has 0 radical (unpaired) electrons. The van der Waals surface area contributed by atoms with Gasteiger partial charge in [0, 0.05) is 35.1 Å². The number of ether oxygens (including phenoxy) is 1. The van der Waals surface area contributed by atoms with Gasteiger partial charge in [0.1, 0.15) is 5.75 Å². The third-order valence-corrected chi connectivity index (χ3v) is 4.03. The summed E-state index contributed by atoms with van der Waals surface area (Å²) in [6.07, 6.45) is -0.0768. The lowest BCUT2D eigenvalue weighted by Gasteiger charge is -2.09. The van der Waals surface area contributed by atoms with Crippen LogP contribution >= 0.6 is 15.9 Å². The molecule has 0 spiro atoms. The van der Waals surface area contributed by atoms with E-state index >= 15 is 0 Å². The van der Waals surface area contributed by atoms with Crippen molar-refractivity contribution in [2.75, 3.05) is 13.2 Å². The monoisotopic (exact) mass is 464 g/mol. The molecule has 0 atom stereocenters. The largest absolute Gasteiger partial charge is 0.484 e. The summed E-state index contributed by atoms with van der Waals surface area (Å²) in [6, 6.07) is 12.0. The van der Waals surface area contributed by atoms with Gasteiger partial charge in [-0.05, 0) is 36.4 Å². The minimum absolute atomic E-state index is 0.0208. The third-order valence-electron chi connectivity index (χ3n) is 3.50. The molecule has 0 aliphatic rings. The van der Waals surface area contributed by atoms with E-state index in [0.29, 0.717) is 5.75 Å². The number of non-ortho nitro benzene ring substituents is 1. The molecule has 0 unspecified atom stereocenters. The van der Waals surface area contributed by atoms with Crippen LogP contribution in [0.15, 0.2) is 53.0 Å². The molecule has 152 valence electrons. The zero-order valence-corrected chi connectivity index (χ0v) is 16.6. The number of nitrogens with one attached hydrogen (secondary N) is 3. The van der Waals surface area contributed by atoms with Crippen LogP contribution in [0, 0.1) is 10.1 Å². The summed E-state index contributed by atoms with van der Waals surface area (Å²) in [4.78, 5) is 45.3. The minimum Gasteiger partial charge on any atom is -0.484 e. The highest BCUT2D eigenvalue weighted by Crippen LogP contribution is 2.15. The SMILES string of the molecule is O=C(CCNC(=O)c1ccc([N+](=O)[O-])cc1)NNC(=O)COc1ccc(Br)cc1. The summed E-state index contributed by atoms with van der Waals surface area (Å²) < 4.78 is 6.13. The number of amides is 3. The Morgan fingerprint density at radius 2 is 1.59 bits per heavy atom. The molecule has 0 saturated carbocycles. The zero-order chi connectivity index (χ0) is 21.2. The predicted molar refractivity (Wildman–Crippen MR) is 106 cm³/mol. The molecule has 11 heteroatoms. The number of carbonyl (C=O) groups is 3. The number of nitrogens with zero attached hydrogens (tertiary/aromatic N) is 1. The van der Waals surface area contributed by atoms with Crippen LogP contribution in [0.1, 0.15) is 16.8 Å². The van der Waals surface area contributed by atoms with Gasteiger partial charge in [-0.25, -0.2) is 0 Å². The molecule has 2 rings (SSSR count). The van der Waals surface area contributed by atoms with Crippen molar-refractivity contribution >= 4 is 39.3 Å². The topological polar surface area (TPSA) is 140 Å². The molecule has 3 amide bonds. The highest BCUT2D eigenvalue weighted by Gasteiger charge is 2.10. The summed E-state index contributed by atoms with van der Waals surface area (Å²) in [5.74, 6) is -1.02. The fraction of sp³-hybridized carbons (Fsp3) is 0.167. The van der Waals surface area contributed by atoms with Crippen LogP contribution in [0.5, 0.6) is 5.75 Å². The first-order valence-corrected chi connectivity index (χ1v) is 9.13. The van der Waals surface area contributed by atoms with Crippen LogP contribution in [0.25, 0.3) is 0 Å². The van der Waals surface area contributed by atoms with Crippen molar-refractivity contribution in [3.63, 3.8) is 0 Å². The van der Waals surface area contributed by atoms with Gasteiger partial charge in [0.25, 0.3) is 17.5 Å². The first-order valence-electron chi connectivity index (χ1n) is 8.34. The second kappa shape index (κ2) is 10.8. The fourth-order valence-electron chi connectivity index (χ4n) is 2.04. The van der Waals surface area contributed by atoms with E-state index in [1.165, 1.54) is 24.3 Å².